The molecule has 2 aliphatic rings. The molecule has 2 amide bonds. The summed E-state index contributed by atoms with van der Waals surface area (Å²) in [7, 11) is -3.10. The summed E-state index contributed by atoms with van der Waals surface area (Å²) in [6.07, 6.45) is 4.59. The van der Waals surface area contributed by atoms with Crippen molar-refractivity contribution in [3.63, 3.8) is 0 Å². The molecule has 3 rings (SSSR count). The molecule has 8 nitrogen and oxygen atoms in total. The largest absolute Gasteiger partial charge is 0.347 e. The average Bonchev–Trinajstić information content (AvgIpc) is 3.20. The molecule has 27 heavy (non-hydrogen) atoms. The quantitative estimate of drug-likeness (QED) is 0.719. The van der Waals surface area contributed by atoms with Crippen molar-refractivity contribution >= 4 is 21.7 Å². The summed E-state index contributed by atoms with van der Waals surface area (Å²) in [5.74, 6) is -0.278. The monoisotopic (exact) mass is 394 g/mol. The minimum absolute atomic E-state index is 0.00712. The van der Waals surface area contributed by atoms with Crippen LogP contribution < -0.4 is 5.32 Å². The van der Waals surface area contributed by atoms with Crippen LogP contribution in [0.15, 0.2) is 12.7 Å². The van der Waals surface area contributed by atoms with Crippen molar-refractivity contribution in [1.82, 2.24) is 19.8 Å². The third-order valence-electron chi connectivity index (χ3n) is 5.18. The van der Waals surface area contributed by atoms with E-state index in [4.69, 9.17) is 0 Å². The van der Waals surface area contributed by atoms with Crippen LogP contribution in [0.2, 0.25) is 0 Å². The highest BCUT2D eigenvalue weighted by Gasteiger charge is 2.37. The number of nitrogens with zero attached hydrogens (tertiary/aromatic N) is 3. The maximum Gasteiger partial charge on any atom is 0.290 e. The van der Waals surface area contributed by atoms with Crippen LogP contribution in [0.1, 0.15) is 53.0 Å². The Kier molecular flexibility index (Phi) is 5.69. The molecular weight excluding hydrogens is 368 g/mol. The number of imidazole rings is 1. The van der Waals surface area contributed by atoms with Gasteiger partial charge in [0.1, 0.15) is 5.69 Å². The molecule has 1 N–H and O–H groups in total. The number of carbonyl (C=O) groups excluding carboxylic acids is 2. The van der Waals surface area contributed by atoms with Crippen LogP contribution >= 0.6 is 0 Å². The fourth-order valence-corrected chi connectivity index (χ4v) is 5.58. The molecule has 1 saturated heterocycles. The Hall–Kier alpha value is -2.16. The lowest BCUT2D eigenvalue weighted by Crippen LogP contribution is -2.42. The zero-order chi connectivity index (χ0) is 19.6. The summed E-state index contributed by atoms with van der Waals surface area (Å²) in [6, 6.07) is -0.331. The van der Waals surface area contributed by atoms with Crippen LogP contribution in [0.5, 0.6) is 0 Å². The fraction of sp³-hybridized carbons (Fsp3) is 0.611. The van der Waals surface area contributed by atoms with Gasteiger partial charge in [0.2, 0.25) is 0 Å². The number of fused-ring (bicyclic) bond motifs is 1. The van der Waals surface area contributed by atoms with Crippen LogP contribution in [0, 0.1) is 0 Å². The Balaban J connectivity index is 1.93. The van der Waals surface area contributed by atoms with Gasteiger partial charge in [0.05, 0.1) is 17.2 Å². The summed E-state index contributed by atoms with van der Waals surface area (Å²) in [6.45, 7) is 6.79. The van der Waals surface area contributed by atoms with Crippen LogP contribution in [-0.4, -0.2) is 65.3 Å². The first-order chi connectivity index (χ1) is 12.9. The second-order valence-corrected chi connectivity index (χ2v) is 9.21. The van der Waals surface area contributed by atoms with E-state index in [0.717, 1.165) is 18.5 Å². The van der Waals surface area contributed by atoms with Crippen molar-refractivity contribution in [3.05, 3.63) is 29.9 Å². The molecule has 1 unspecified atom stereocenters. The lowest BCUT2D eigenvalue weighted by atomic mass is 10.1. The minimum Gasteiger partial charge on any atom is -0.347 e. The summed E-state index contributed by atoms with van der Waals surface area (Å²) >= 11 is 0. The van der Waals surface area contributed by atoms with Gasteiger partial charge in [-0.2, -0.15) is 0 Å². The van der Waals surface area contributed by atoms with Crippen LogP contribution in [0.4, 0.5) is 0 Å². The molecular formula is C18H26N4O4S. The number of rotatable bonds is 6. The lowest BCUT2D eigenvalue weighted by molar-refractivity contribution is 0.0689. The van der Waals surface area contributed by atoms with Gasteiger partial charge in [-0.3, -0.25) is 9.59 Å². The molecule has 1 aromatic heterocycles. The highest BCUT2D eigenvalue weighted by Crippen LogP contribution is 2.24. The van der Waals surface area contributed by atoms with Crippen molar-refractivity contribution in [1.29, 1.82) is 0 Å². The Bertz CT molecular complexity index is 859. The Morgan fingerprint density at radius 3 is 2.81 bits per heavy atom. The number of hydrogen-bond acceptors (Lipinski definition) is 5. The van der Waals surface area contributed by atoms with Crippen molar-refractivity contribution < 1.29 is 18.0 Å². The summed E-state index contributed by atoms with van der Waals surface area (Å²) < 4.78 is 25.5. The Labute approximate surface area is 159 Å². The molecule has 0 aromatic carbocycles. The van der Waals surface area contributed by atoms with Crippen LogP contribution in [0.3, 0.4) is 0 Å². The predicted molar refractivity (Wildman–Crippen MR) is 101 cm³/mol. The molecule has 9 heteroatoms. The number of sulfone groups is 1. The van der Waals surface area contributed by atoms with E-state index in [9.17, 15) is 18.0 Å². The first kappa shape index (κ1) is 19.6. The topological polar surface area (TPSA) is 101 Å². The van der Waals surface area contributed by atoms with Gasteiger partial charge in [0.15, 0.2) is 15.7 Å². The smallest absolute Gasteiger partial charge is 0.290 e. The fourth-order valence-electron chi connectivity index (χ4n) is 3.85. The SMILES string of the molecule is C=CCNC(=O)c1nc(C(=O)N(CC)C2CCS(=O)(=O)C2)n2c1CCCC2. The number of nitrogens with one attached hydrogen (secondary N) is 1. The zero-order valence-electron chi connectivity index (χ0n) is 15.6. The number of aromatic nitrogens is 2. The van der Waals surface area contributed by atoms with E-state index in [1.165, 1.54) is 0 Å². The predicted octanol–water partition coefficient (Wildman–Crippen LogP) is 0.784. The number of amides is 2. The number of carbonyl (C=O) groups is 2. The van der Waals surface area contributed by atoms with Crippen LogP contribution in [0.25, 0.3) is 0 Å². The van der Waals surface area contributed by atoms with Crippen molar-refractivity contribution in [2.75, 3.05) is 24.6 Å². The second kappa shape index (κ2) is 7.84. The van der Waals surface area contributed by atoms with Gasteiger partial charge in [-0.1, -0.05) is 6.08 Å². The molecule has 0 spiro atoms. The average molecular weight is 394 g/mol. The highest BCUT2D eigenvalue weighted by atomic mass is 32.2. The minimum atomic E-state index is -3.10. The van der Waals surface area contributed by atoms with Gasteiger partial charge in [-0.15, -0.1) is 6.58 Å². The van der Waals surface area contributed by atoms with Crippen molar-refractivity contribution in [2.24, 2.45) is 0 Å². The molecule has 1 fully saturated rings. The van der Waals surface area contributed by atoms with Gasteiger partial charge in [-0.05, 0) is 32.6 Å². The standard InChI is InChI=1S/C18H26N4O4S/c1-3-9-19-17(23)15-14-7-5-6-10-22(14)16(20-15)18(24)21(4-2)13-8-11-27(25,26)12-13/h3,13H,1,4-12H2,2H3,(H,19,23). The molecule has 0 radical (unpaired) electrons. The molecule has 1 atom stereocenters. The van der Waals surface area contributed by atoms with E-state index >= 15 is 0 Å². The maximum atomic E-state index is 13.2. The van der Waals surface area contributed by atoms with Gasteiger partial charge in [-0.25, -0.2) is 13.4 Å². The van der Waals surface area contributed by atoms with Gasteiger partial charge >= 0.3 is 0 Å². The maximum absolute atomic E-state index is 13.2. The van der Waals surface area contributed by atoms with E-state index in [1.54, 1.807) is 11.0 Å². The van der Waals surface area contributed by atoms with E-state index in [0.29, 0.717) is 32.5 Å². The molecule has 148 valence electrons. The van der Waals surface area contributed by atoms with Gasteiger partial charge in [0, 0.05) is 25.7 Å². The number of hydrogen-bond donors (Lipinski definition) is 1. The normalized spacial score (nSPS) is 20.7. The summed E-state index contributed by atoms with van der Waals surface area (Å²) in [5, 5.41) is 2.72. The second-order valence-electron chi connectivity index (χ2n) is 6.99. The van der Waals surface area contributed by atoms with Crippen molar-refractivity contribution in [2.45, 2.75) is 45.2 Å². The van der Waals surface area contributed by atoms with E-state index in [-0.39, 0.29) is 40.9 Å². The first-order valence-corrected chi connectivity index (χ1v) is 11.2. The summed E-state index contributed by atoms with van der Waals surface area (Å²) in [4.78, 5) is 31.6. The van der Waals surface area contributed by atoms with Crippen LogP contribution in [-0.2, 0) is 22.8 Å². The molecule has 2 aliphatic heterocycles. The molecule has 0 saturated carbocycles. The van der Waals surface area contributed by atoms with E-state index in [2.05, 4.69) is 16.9 Å². The third-order valence-corrected chi connectivity index (χ3v) is 6.93. The van der Waals surface area contributed by atoms with Crippen molar-refractivity contribution in [3.8, 4) is 0 Å². The Morgan fingerprint density at radius 2 is 2.19 bits per heavy atom. The zero-order valence-corrected chi connectivity index (χ0v) is 16.4. The Morgan fingerprint density at radius 1 is 1.41 bits per heavy atom. The molecule has 3 heterocycles. The van der Waals surface area contributed by atoms with Gasteiger partial charge < -0.3 is 14.8 Å². The summed E-state index contributed by atoms with van der Waals surface area (Å²) in [5.41, 5.74) is 1.07. The molecule has 0 bridgehead atoms. The van der Waals surface area contributed by atoms with Gasteiger partial charge in [0.25, 0.3) is 11.8 Å². The van der Waals surface area contributed by atoms with E-state index in [1.807, 2.05) is 11.5 Å². The highest BCUT2D eigenvalue weighted by molar-refractivity contribution is 7.91. The lowest BCUT2D eigenvalue weighted by Gasteiger charge is -2.27. The molecule has 1 aromatic rings. The third kappa shape index (κ3) is 3.92. The first-order valence-electron chi connectivity index (χ1n) is 9.37. The molecule has 0 aliphatic carbocycles. The van der Waals surface area contributed by atoms with E-state index < -0.39 is 9.84 Å².